The average Bonchev–Trinajstić information content (AvgIpc) is 3.14. The lowest BCUT2D eigenvalue weighted by atomic mass is 10.1. The molecule has 21 heavy (non-hydrogen) atoms. The van der Waals surface area contributed by atoms with Gasteiger partial charge in [0.25, 0.3) is 0 Å². The van der Waals surface area contributed by atoms with E-state index in [4.69, 9.17) is 0 Å². The molecule has 1 N–H and O–H groups in total. The van der Waals surface area contributed by atoms with Crippen molar-refractivity contribution in [3.63, 3.8) is 0 Å². The molecule has 0 amide bonds. The standard InChI is InChI=1S/C17H19N3S/c1-14-7-10-21-17(14)12-18-8-9-20-13-16(11-19-20)15-5-3-2-4-6-15/h2-7,10-11,13,18H,8-9,12H2,1H3. The number of nitrogens with zero attached hydrogens (tertiary/aromatic N) is 2. The van der Waals surface area contributed by atoms with Crippen molar-refractivity contribution >= 4 is 11.3 Å². The molecule has 0 saturated heterocycles. The second kappa shape index (κ2) is 6.70. The van der Waals surface area contributed by atoms with Crippen LogP contribution in [0.3, 0.4) is 0 Å². The van der Waals surface area contributed by atoms with Gasteiger partial charge in [0, 0.05) is 29.7 Å². The Bertz CT molecular complexity index is 685. The minimum atomic E-state index is 0.886. The van der Waals surface area contributed by atoms with Gasteiger partial charge in [-0.1, -0.05) is 30.3 Å². The fraction of sp³-hybridized carbons (Fsp3) is 0.235. The normalized spacial score (nSPS) is 10.9. The van der Waals surface area contributed by atoms with Gasteiger partial charge in [-0.2, -0.15) is 5.10 Å². The van der Waals surface area contributed by atoms with E-state index in [1.165, 1.54) is 21.6 Å². The summed E-state index contributed by atoms with van der Waals surface area (Å²) >= 11 is 1.81. The van der Waals surface area contributed by atoms with Gasteiger partial charge in [-0.25, -0.2) is 0 Å². The smallest absolute Gasteiger partial charge is 0.0568 e. The Balaban J connectivity index is 1.50. The molecule has 0 aliphatic heterocycles. The van der Waals surface area contributed by atoms with Crippen LogP contribution in [0.4, 0.5) is 0 Å². The number of aromatic nitrogens is 2. The highest BCUT2D eigenvalue weighted by atomic mass is 32.1. The van der Waals surface area contributed by atoms with Gasteiger partial charge in [0.15, 0.2) is 0 Å². The first-order chi connectivity index (χ1) is 10.3. The Morgan fingerprint density at radius 1 is 1.14 bits per heavy atom. The molecule has 2 heterocycles. The minimum Gasteiger partial charge on any atom is -0.310 e. The second-order valence-electron chi connectivity index (χ2n) is 5.06. The van der Waals surface area contributed by atoms with E-state index in [9.17, 15) is 0 Å². The van der Waals surface area contributed by atoms with Crippen molar-refractivity contribution in [2.75, 3.05) is 6.54 Å². The Morgan fingerprint density at radius 2 is 2.00 bits per heavy atom. The zero-order valence-corrected chi connectivity index (χ0v) is 12.9. The van der Waals surface area contributed by atoms with Crippen molar-refractivity contribution in [2.24, 2.45) is 0 Å². The molecule has 3 aromatic rings. The van der Waals surface area contributed by atoms with Crippen LogP contribution in [0.25, 0.3) is 11.1 Å². The summed E-state index contributed by atoms with van der Waals surface area (Å²) in [5.74, 6) is 0. The lowest BCUT2D eigenvalue weighted by molar-refractivity contribution is 0.556. The molecule has 0 atom stereocenters. The minimum absolute atomic E-state index is 0.886. The maximum Gasteiger partial charge on any atom is 0.0568 e. The number of nitrogens with one attached hydrogen (secondary N) is 1. The summed E-state index contributed by atoms with van der Waals surface area (Å²) < 4.78 is 2.00. The van der Waals surface area contributed by atoms with E-state index >= 15 is 0 Å². The largest absolute Gasteiger partial charge is 0.310 e. The SMILES string of the molecule is Cc1ccsc1CNCCn1cc(-c2ccccc2)cn1. The van der Waals surface area contributed by atoms with Gasteiger partial charge in [-0.15, -0.1) is 11.3 Å². The summed E-state index contributed by atoms with van der Waals surface area (Å²) in [4.78, 5) is 1.42. The van der Waals surface area contributed by atoms with E-state index in [1.54, 1.807) is 0 Å². The van der Waals surface area contributed by atoms with Crippen LogP contribution in [0, 0.1) is 6.92 Å². The molecule has 108 valence electrons. The fourth-order valence-electron chi connectivity index (χ4n) is 2.25. The van der Waals surface area contributed by atoms with Crippen molar-refractivity contribution in [1.29, 1.82) is 0 Å². The van der Waals surface area contributed by atoms with E-state index in [1.807, 2.05) is 28.3 Å². The average molecular weight is 297 g/mol. The monoisotopic (exact) mass is 297 g/mol. The number of hydrogen-bond donors (Lipinski definition) is 1. The van der Waals surface area contributed by atoms with Crippen LogP contribution in [0.5, 0.6) is 0 Å². The van der Waals surface area contributed by atoms with Gasteiger partial charge in [-0.05, 0) is 29.5 Å². The van der Waals surface area contributed by atoms with Gasteiger partial charge in [0.1, 0.15) is 0 Å². The van der Waals surface area contributed by atoms with Crippen LogP contribution in [-0.4, -0.2) is 16.3 Å². The van der Waals surface area contributed by atoms with Crippen LogP contribution in [0.2, 0.25) is 0 Å². The van der Waals surface area contributed by atoms with Gasteiger partial charge in [-0.3, -0.25) is 4.68 Å². The zero-order chi connectivity index (χ0) is 14.5. The third kappa shape index (κ3) is 3.60. The summed E-state index contributed by atoms with van der Waals surface area (Å²) in [5, 5.41) is 10.0. The first-order valence-electron chi connectivity index (χ1n) is 7.14. The molecular weight excluding hydrogens is 278 g/mol. The van der Waals surface area contributed by atoms with Crippen molar-refractivity contribution in [2.45, 2.75) is 20.0 Å². The second-order valence-corrected chi connectivity index (χ2v) is 6.06. The van der Waals surface area contributed by atoms with Crippen molar-refractivity contribution in [3.05, 3.63) is 64.6 Å². The Labute approximate surface area is 129 Å². The predicted octanol–water partition coefficient (Wildman–Crippen LogP) is 3.71. The van der Waals surface area contributed by atoms with Crippen LogP contribution in [0.15, 0.2) is 54.2 Å². The molecule has 0 unspecified atom stereocenters. The van der Waals surface area contributed by atoms with E-state index in [2.05, 4.69) is 59.2 Å². The summed E-state index contributed by atoms with van der Waals surface area (Å²) in [5.41, 5.74) is 3.76. The fourth-order valence-corrected chi connectivity index (χ4v) is 3.12. The number of hydrogen-bond acceptors (Lipinski definition) is 3. The molecule has 0 bridgehead atoms. The molecule has 0 saturated carbocycles. The maximum absolute atomic E-state index is 4.42. The summed E-state index contributed by atoms with van der Waals surface area (Å²) in [6.45, 7) is 4.91. The molecule has 0 radical (unpaired) electrons. The highest BCUT2D eigenvalue weighted by Crippen LogP contribution is 2.17. The molecule has 3 nitrogen and oxygen atoms in total. The first kappa shape index (κ1) is 14.0. The molecule has 3 rings (SSSR count). The van der Waals surface area contributed by atoms with Crippen molar-refractivity contribution < 1.29 is 0 Å². The molecular formula is C17H19N3S. The van der Waals surface area contributed by atoms with Crippen LogP contribution in [-0.2, 0) is 13.1 Å². The molecule has 2 aromatic heterocycles. The lowest BCUT2D eigenvalue weighted by Crippen LogP contribution is -2.19. The van der Waals surface area contributed by atoms with Gasteiger partial charge in [0.05, 0.1) is 12.7 Å². The number of rotatable bonds is 6. The highest BCUT2D eigenvalue weighted by molar-refractivity contribution is 7.10. The molecule has 4 heteroatoms. The van der Waals surface area contributed by atoms with E-state index in [-0.39, 0.29) is 0 Å². The summed E-state index contributed by atoms with van der Waals surface area (Å²) in [6.07, 6.45) is 4.03. The van der Waals surface area contributed by atoms with E-state index in [0.29, 0.717) is 0 Å². The first-order valence-corrected chi connectivity index (χ1v) is 8.02. The van der Waals surface area contributed by atoms with Crippen molar-refractivity contribution in [1.82, 2.24) is 15.1 Å². The lowest BCUT2D eigenvalue weighted by Gasteiger charge is -2.04. The van der Waals surface area contributed by atoms with Gasteiger partial charge >= 0.3 is 0 Å². The Hall–Kier alpha value is -1.91. The topological polar surface area (TPSA) is 29.9 Å². The summed E-state index contributed by atoms with van der Waals surface area (Å²) in [6, 6.07) is 12.5. The third-order valence-corrected chi connectivity index (χ3v) is 4.53. The highest BCUT2D eigenvalue weighted by Gasteiger charge is 2.02. The molecule has 0 spiro atoms. The van der Waals surface area contributed by atoms with E-state index < -0.39 is 0 Å². The Kier molecular flexibility index (Phi) is 4.48. The summed E-state index contributed by atoms with van der Waals surface area (Å²) in [7, 11) is 0. The third-order valence-electron chi connectivity index (χ3n) is 3.51. The molecule has 1 aromatic carbocycles. The van der Waals surface area contributed by atoms with Crippen molar-refractivity contribution in [3.8, 4) is 11.1 Å². The number of thiophene rings is 1. The van der Waals surface area contributed by atoms with Crippen LogP contribution < -0.4 is 5.32 Å². The van der Waals surface area contributed by atoms with Gasteiger partial charge < -0.3 is 5.32 Å². The molecule has 0 aliphatic carbocycles. The molecule has 0 aliphatic rings. The Morgan fingerprint density at radius 3 is 2.76 bits per heavy atom. The molecule has 0 fully saturated rings. The quantitative estimate of drug-likeness (QED) is 0.703. The number of benzene rings is 1. The van der Waals surface area contributed by atoms with Gasteiger partial charge in [0.2, 0.25) is 0 Å². The predicted molar refractivity (Wildman–Crippen MR) is 88.4 cm³/mol. The number of aryl methyl sites for hydroxylation is 1. The van der Waals surface area contributed by atoms with Crippen LogP contribution in [0.1, 0.15) is 10.4 Å². The maximum atomic E-state index is 4.42. The van der Waals surface area contributed by atoms with Crippen LogP contribution >= 0.6 is 11.3 Å². The van der Waals surface area contributed by atoms with E-state index in [0.717, 1.165) is 19.6 Å². The zero-order valence-electron chi connectivity index (χ0n) is 12.1.